The normalized spacial score (nSPS) is 15.1. The van der Waals surface area contributed by atoms with E-state index in [0.29, 0.717) is 5.56 Å². The number of carboxylic acids is 2. The molecule has 1 rings (SSSR count). The summed E-state index contributed by atoms with van der Waals surface area (Å²) in [5.74, 6) is -5.16. The summed E-state index contributed by atoms with van der Waals surface area (Å²) < 4.78 is 0. The number of hydrogen-bond donors (Lipinski definition) is 8. The molecule has 0 aromatic heterocycles. The van der Waals surface area contributed by atoms with Crippen molar-refractivity contribution in [3.8, 4) is 5.75 Å². The molecule has 5 unspecified atom stereocenters. The molecule has 0 saturated carbocycles. The van der Waals surface area contributed by atoms with Crippen molar-refractivity contribution in [3.05, 3.63) is 29.8 Å². The number of aliphatic hydroxyl groups excluding tert-OH is 1. The van der Waals surface area contributed by atoms with Crippen LogP contribution in [-0.2, 0) is 30.4 Å². The average molecular weight is 525 g/mol. The molecular formula is C24H36N4O9. The highest BCUT2D eigenvalue weighted by Crippen LogP contribution is 2.13. The summed E-state index contributed by atoms with van der Waals surface area (Å²) in [4.78, 5) is 61.1. The minimum Gasteiger partial charge on any atom is -0.508 e. The Morgan fingerprint density at radius 3 is 1.84 bits per heavy atom. The van der Waals surface area contributed by atoms with Gasteiger partial charge in [-0.15, -0.1) is 0 Å². The van der Waals surface area contributed by atoms with E-state index in [4.69, 9.17) is 10.8 Å². The van der Waals surface area contributed by atoms with E-state index in [2.05, 4.69) is 16.0 Å². The van der Waals surface area contributed by atoms with Gasteiger partial charge in [-0.3, -0.25) is 19.2 Å². The Labute approximate surface area is 214 Å². The van der Waals surface area contributed by atoms with Gasteiger partial charge >= 0.3 is 11.9 Å². The third-order valence-electron chi connectivity index (χ3n) is 5.43. The van der Waals surface area contributed by atoms with Crippen LogP contribution in [-0.4, -0.2) is 80.4 Å². The highest BCUT2D eigenvalue weighted by atomic mass is 16.4. The molecule has 0 radical (unpaired) electrons. The quantitative estimate of drug-likeness (QED) is 0.141. The first-order valence-electron chi connectivity index (χ1n) is 11.8. The number of aromatic hydroxyl groups is 1. The fourth-order valence-corrected chi connectivity index (χ4v) is 3.34. The molecule has 0 saturated heterocycles. The van der Waals surface area contributed by atoms with Crippen molar-refractivity contribution in [1.29, 1.82) is 0 Å². The smallest absolute Gasteiger partial charge is 0.326 e. The van der Waals surface area contributed by atoms with Gasteiger partial charge in [-0.1, -0.05) is 26.0 Å². The zero-order chi connectivity index (χ0) is 28.3. The predicted molar refractivity (Wildman–Crippen MR) is 131 cm³/mol. The lowest BCUT2D eigenvalue weighted by Gasteiger charge is -2.26. The number of rotatable bonds is 15. The van der Waals surface area contributed by atoms with Gasteiger partial charge in [0.15, 0.2) is 0 Å². The van der Waals surface area contributed by atoms with Crippen molar-refractivity contribution in [1.82, 2.24) is 16.0 Å². The van der Waals surface area contributed by atoms with Crippen LogP contribution in [0.4, 0.5) is 0 Å². The highest BCUT2D eigenvalue weighted by Gasteiger charge is 2.31. The molecule has 206 valence electrons. The number of nitrogens with one attached hydrogen (secondary N) is 3. The van der Waals surface area contributed by atoms with Crippen molar-refractivity contribution < 1.29 is 44.4 Å². The second-order valence-electron chi connectivity index (χ2n) is 9.22. The number of amides is 3. The Kier molecular flexibility index (Phi) is 12.5. The topological polar surface area (TPSA) is 228 Å². The minimum atomic E-state index is -1.37. The van der Waals surface area contributed by atoms with Gasteiger partial charge in [0, 0.05) is 12.8 Å². The number of carboxylic acid groups (broad SMARTS) is 2. The molecule has 5 atom stereocenters. The number of aliphatic carboxylic acids is 2. The molecule has 3 amide bonds. The first-order chi connectivity index (χ1) is 17.2. The zero-order valence-corrected chi connectivity index (χ0v) is 21.0. The maximum atomic E-state index is 13.0. The van der Waals surface area contributed by atoms with Gasteiger partial charge in [-0.2, -0.15) is 0 Å². The minimum absolute atomic E-state index is 0.00156. The molecular weight excluding hydrogens is 488 g/mol. The van der Waals surface area contributed by atoms with Crippen LogP contribution < -0.4 is 21.7 Å². The van der Waals surface area contributed by atoms with E-state index in [-0.39, 0.29) is 30.9 Å². The number of hydrogen-bond acceptors (Lipinski definition) is 8. The maximum Gasteiger partial charge on any atom is 0.326 e. The molecule has 0 aliphatic carbocycles. The number of aliphatic hydroxyl groups is 1. The van der Waals surface area contributed by atoms with Crippen LogP contribution in [0.15, 0.2) is 24.3 Å². The molecule has 1 aromatic rings. The van der Waals surface area contributed by atoms with E-state index >= 15 is 0 Å². The zero-order valence-electron chi connectivity index (χ0n) is 21.0. The van der Waals surface area contributed by atoms with E-state index in [1.165, 1.54) is 31.2 Å². The predicted octanol–water partition coefficient (Wildman–Crippen LogP) is -0.907. The number of carbonyl (C=O) groups is 5. The molecule has 1 aromatic carbocycles. The first-order valence-corrected chi connectivity index (χ1v) is 11.8. The Hall–Kier alpha value is -3.71. The lowest BCUT2D eigenvalue weighted by molar-refractivity contribution is -0.142. The van der Waals surface area contributed by atoms with Gasteiger partial charge in [-0.25, -0.2) is 4.79 Å². The fourth-order valence-electron chi connectivity index (χ4n) is 3.34. The van der Waals surface area contributed by atoms with Crippen molar-refractivity contribution >= 4 is 29.7 Å². The number of phenolic OH excluding ortho intramolecular Hbond substituents is 1. The number of carbonyl (C=O) groups excluding carboxylic acids is 3. The van der Waals surface area contributed by atoms with Gasteiger partial charge in [-0.05, 0) is 43.4 Å². The van der Waals surface area contributed by atoms with Crippen molar-refractivity contribution in [2.24, 2.45) is 11.7 Å². The molecule has 0 aliphatic rings. The van der Waals surface area contributed by atoms with E-state index in [1.807, 2.05) is 0 Å². The molecule has 0 spiro atoms. The van der Waals surface area contributed by atoms with E-state index in [1.54, 1.807) is 13.8 Å². The summed E-state index contributed by atoms with van der Waals surface area (Å²) in [7, 11) is 0. The summed E-state index contributed by atoms with van der Waals surface area (Å²) in [6, 6.07) is 0.518. The Balaban J connectivity index is 3.05. The average Bonchev–Trinajstić information content (AvgIpc) is 2.80. The van der Waals surface area contributed by atoms with Crippen molar-refractivity contribution in [2.75, 3.05) is 0 Å². The van der Waals surface area contributed by atoms with Crippen LogP contribution in [0.2, 0.25) is 0 Å². The Morgan fingerprint density at radius 1 is 0.838 bits per heavy atom. The Bertz CT molecular complexity index is 950. The molecule has 13 heteroatoms. The standard InChI is InChI=1S/C24H36N4O9/c1-12(2)10-17(22(34)28-18(24(36)37)11-14-4-6-15(30)7-5-14)27-21(33)16(8-9-19(31)32)26-23(35)20(25)13(3)29/h4-7,12-13,16-18,20,29-30H,8-11,25H2,1-3H3,(H,26,35)(H,27,33)(H,28,34)(H,31,32)(H,36,37). The lowest BCUT2D eigenvalue weighted by Crippen LogP contribution is -2.58. The second-order valence-corrected chi connectivity index (χ2v) is 9.22. The third-order valence-corrected chi connectivity index (χ3v) is 5.43. The molecule has 9 N–H and O–H groups in total. The summed E-state index contributed by atoms with van der Waals surface area (Å²) in [5, 5.41) is 44.7. The fraction of sp³-hybridized carbons (Fsp3) is 0.542. The van der Waals surface area contributed by atoms with Gasteiger partial charge < -0.3 is 42.1 Å². The van der Waals surface area contributed by atoms with E-state index in [0.717, 1.165) is 0 Å². The highest BCUT2D eigenvalue weighted by molar-refractivity contribution is 5.94. The van der Waals surface area contributed by atoms with E-state index < -0.39 is 66.4 Å². The largest absolute Gasteiger partial charge is 0.508 e. The van der Waals surface area contributed by atoms with E-state index in [9.17, 15) is 39.3 Å². The lowest BCUT2D eigenvalue weighted by atomic mass is 10.0. The van der Waals surface area contributed by atoms with Gasteiger partial charge in [0.2, 0.25) is 17.7 Å². The SMILES string of the molecule is CC(C)CC(NC(=O)C(CCC(=O)O)NC(=O)C(N)C(C)O)C(=O)NC(Cc1ccc(O)cc1)C(=O)O. The molecule has 0 heterocycles. The monoisotopic (exact) mass is 524 g/mol. The summed E-state index contributed by atoms with van der Waals surface area (Å²) >= 11 is 0. The molecule has 0 bridgehead atoms. The van der Waals surface area contributed by atoms with Crippen LogP contribution in [0.25, 0.3) is 0 Å². The van der Waals surface area contributed by atoms with Gasteiger partial charge in [0.1, 0.15) is 29.9 Å². The summed E-state index contributed by atoms with van der Waals surface area (Å²) in [5.41, 5.74) is 6.13. The van der Waals surface area contributed by atoms with Crippen molar-refractivity contribution in [2.45, 2.75) is 76.7 Å². The number of benzene rings is 1. The van der Waals surface area contributed by atoms with Crippen LogP contribution in [0.1, 0.15) is 45.6 Å². The molecule has 37 heavy (non-hydrogen) atoms. The first kappa shape index (κ1) is 31.3. The van der Waals surface area contributed by atoms with Crippen LogP contribution >= 0.6 is 0 Å². The molecule has 13 nitrogen and oxygen atoms in total. The molecule has 0 aliphatic heterocycles. The number of nitrogens with two attached hydrogens (primary N) is 1. The summed E-state index contributed by atoms with van der Waals surface area (Å²) in [6.07, 6.45) is -1.98. The second kappa shape index (κ2) is 14.8. The maximum absolute atomic E-state index is 13.0. The molecule has 0 fully saturated rings. The Morgan fingerprint density at radius 2 is 1.35 bits per heavy atom. The third kappa shape index (κ3) is 11.3. The van der Waals surface area contributed by atoms with Gasteiger partial charge in [0.25, 0.3) is 0 Å². The van der Waals surface area contributed by atoms with Crippen LogP contribution in [0.3, 0.4) is 0 Å². The van der Waals surface area contributed by atoms with Crippen molar-refractivity contribution in [3.63, 3.8) is 0 Å². The van der Waals surface area contributed by atoms with Gasteiger partial charge in [0.05, 0.1) is 6.10 Å². The van der Waals surface area contributed by atoms with Crippen LogP contribution in [0.5, 0.6) is 5.75 Å². The van der Waals surface area contributed by atoms with Crippen LogP contribution in [0, 0.1) is 5.92 Å². The summed E-state index contributed by atoms with van der Waals surface area (Å²) in [6.45, 7) is 4.84. The number of phenols is 1.